The first kappa shape index (κ1) is 24.9. The number of rotatable bonds is 5. The van der Waals surface area contributed by atoms with E-state index in [0.29, 0.717) is 33.0 Å². The van der Waals surface area contributed by atoms with Crippen LogP contribution < -0.4 is 10.2 Å². The van der Waals surface area contributed by atoms with Crippen LogP contribution in [0.25, 0.3) is 44.0 Å². The van der Waals surface area contributed by atoms with Gasteiger partial charge in [-0.2, -0.15) is 26.9 Å². The van der Waals surface area contributed by atoms with E-state index >= 15 is 0 Å². The van der Waals surface area contributed by atoms with Crippen molar-refractivity contribution in [2.45, 2.75) is 30.0 Å². The summed E-state index contributed by atoms with van der Waals surface area (Å²) in [6, 6.07) is 10.4. The van der Waals surface area contributed by atoms with Crippen molar-refractivity contribution in [1.29, 1.82) is 5.26 Å². The van der Waals surface area contributed by atoms with Gasteiger partial charge in [-0.1, -0.05) is 6.07 Å². The minimum absolute atomic E-state index is 0.000720. The van der Waals surface area contributed by atoms with E-state index in [9.17, 15) is 35.5 Å². The van der Waals surface area contributed by atoms with Crippen molar-refractivity contribution in [3.63, 3.8) is 0 Å². The van der Waals surface area contributed by atoms with Gasteiger partial charge in [-0.3, -0.25) is 9.78 Å². The van der Waals surface area contributed by atoms with Crippen molar-refractivity contribution >= 4 is 43.1 Å². The van der Waals surface area contributed by atoms with Crippen molar-refractivity contribution in [3.8, 4) is 22.9 Å². The molecular weight excluding hydrogens is 540 g/mol. The van der Waals surface area contributed by atoms with Crippen LogP contribution in [0.1, 0.15) is 24.4 Å². The third-order valence-electron chi connectivity index (χ3n) is 6.59. The second kappa shape index (κ2) is 8.54. The minimum atomic E-state index is -5.16. The molecule has 0 spiro atoms. The molecule has 5 aromatic rings. The normalized spacial score (nSPS) is 14.2. The van der Waals surface area contributed by atoms with Crippen LogP contribution in [-0.2, 0) is 10.2 Å². The highest BCUT2D eigenvalue weighted by Crippen LogP contribution is 2.43. The first-order chi connectivity index (χ1) is 18.4. The Labute approximate surface area is 217 Å². The fraction of sp³-hybridized carbons (Fsp3) is 0.192. The molecule has 0 amide bonds. The molecule has 1 fully saturated rings. The molecular formula is C26H16F4N4O4S. The van der Waals surface area contributed by atoms with Crippen LogP contribution in [-0.4, -0.2) is 35.7 Å². The summed E-state index contributed by atoms with van der Waals surface area (Å²) < 4.78 is 83.0. The lowest BCUT2D eigenvalue weighted by molar-refractivity contribution is -0.153. The molecule has 0 atom stereocenters. The van der Waals surface area contributed by atoms with Gasteiger partial charge in [-0.15, -0.1) is 3.89 Å². The Hall–Kier alpha value is -4.44. The fourth-order valence-electron chi connectivity index (χ4n) is 4.78. The van der Waals surface area contributed by atoms with Gasteiger partial charge in [0.15, 0.2) is 12.0 Å². The molecule has 0 radical (unpaired) electrons. The van der Waals surface area contributed by atoms with Gasteiger partial charge < -0.3 is 14.3 Å². The number of nitrogens with zero attached hydrogens (tertiary/aromatic N) is 3. The van der Waals surface area contributed by atoms with Gasteiger partial charge in [0.05, 0.1) is 27.9 Å². The molecule has 0 saturated heterocycles. The number of nitriles is 1. The lowest BCUT2D eigenvalue weighted by Gasteiger charge is -2.18. The molecule has 1 N–H and O–H groups in total. The molecule has 1 aliphatic carbocycles. The largest absolute Gasteiger partial charge is 0.483 e. The number of fused-ring (bicyclic) bond motifs is 4. The molecule has 0 aliphatic heterocycles. The molecule has 8 nitrogen and oxygen atoms in total. The zero-order chi connectivity index (χ0) is 27.7. The Kier molecular flexibility index (Phi) is 5.44. The number of H-pyrrole nitrogens is 1. The van der Waals surface area contributed by atoms with Gasteiger partial charge in [-0.25, -0.2) is 0 Å². The average Bonchev–Trinajstić information content (AvgIpc) is 3.65. The third-order valence-corrected chi connectivity index (χ3v) is 7.37. The predicted octanol–water partition coefficient (Wildman–Crippen LogP) is 5.50. The quantitative estimate of drug-likeness (QED) is 0.226. The van der Waals surface area contributed by atoms with Crippen molar-refractivity contribution in [2.24, 2.45) is 0 Å². The van der Waals surface area contributed by atoms with Crippen molar-refractivity contribution in [1.82, 2.24) is 14.5 Å². The van der Waals surface area contributed by atoms with Crippen molar-refractivity contribution < 1.29 is 30.2 Å². The van der Waals surface area contributed by atoms with Gasteiger partial charge in [-0.05, 0) is 43.2 Å². The topological polar surface area (TPSA) is 118 Å². The summed E-state index contributed by atoms with van der Waals surface area (Å²) in [7, 11) is -5.16. The molecule has 2 aromatic carbocycles. The number of pyridine rings is 2. The summed E-state index contributed by atoms with van der Waals surface area (Å²) in [5, 5.41) is 10.2. The molecule has 0 unspecified atom stereocenters. The fourth-order valence-corrected chi connectivity index (χ4v) is 5.24. The Morgan fingerprint density at radius 1 is 1.13 bits per heavy atom. The SMILES string of the molecule is N#Cc1ccc2c(c1)[nH]c1c2c(=O)c2cc(OCC(F)(F)F)c(-c3cncc(S(=O)(=O)F)c3)cc2n1C1CC1. The van der Waals surface area contributed by atoms with Crippen molar-refractivity contribution in [3.05, 3.63) is 64.6 Å². The minimum Gasteiger partial charge on any atom is -0.483 e. The van der Waals surface area contributed by atoms with E-state index in [-0.39, 0.29) is 28.3 Å². The number of aromatic nitrogens is 3. The van der Waals surface area contributed by atoms with Crippen LogP contribution in [0.5, 0.6) is 5.75 Å². The lowest BCUT2D eigenvalue weighted by Crippen LogP contribution is -2.20. The third kappa shape index (κ3) is 4.36. The Morgan fingerprint density at radius 3 is 2.56 bits per heavy atom. The number of hydrogen-bond acceptors (Lipinski definition) is 6. The summed E-state index contributed by atoms with van der Waals surface area (Å²) in [4.78, 5) is 20.0. The first-order valence-electron chi connectivity index (χ1n) is 11.6. The van der Waals surface area contributed by atoms with E-state index in [0.717, 1.165) is 25.1 Å². The number of hydrogen-bond donors (Lipinski definition) is 1. The number of ether oxygens (including phenoxy) is 1. The average molecular weight is 556 g/mol. The predicted molar refractivity (Wildman–Crippen MR) is 134 cm³/mol. The van der Waals surface area contributed by atoms with Crippen LogP contribution >= 0.6 is 0 Å². The standard InChI is InChI=1S/C26H16F4N4O4S/c27-26(28,29)12-38-22-8-19-21(7-18(22)14-6-16(11-32-10-14)39(30,36)37)34(15-2-3-15)25-23(24(19)35)17-4-1-13(9-31)5-20(17)33-25/h1,4-8,10-11,15,33H,2-3,12H2. The van der Waals surface area contributed by atoms with Crippen LogP contribution in [0.3, 0.4) is 0 Å². The van der Waals surface area contributed by atoms with Crippen LogP contribution in [0.4, 0.5) is 17.1 Å². The lowest BCUT2D eigenvalue weighted by atomic mass is 10.0. The molecule has 6 rings (SSSR count). The van der Waals surface area contributed by atoms with E-state index in [1.165, 1.54) is 18.3 Å². The number of aromatic amines is 1. The zero-order valence-electron chi connectivity index (χ0n) is 19.7. The number of benzene rings is 2. The van der Waals surface area contributed by atoms with E-state index in [1.54, 1.807) is 18.2 Å². The maximum absolute atomic E-state index is 13.8. The number of alkyl halides is 3. The van der Waals surface area contributed by atoms with E-state index in [4.69, 9.17) is 4.74 Å². The maximum Gasteiger partial charge on any atom is 0.422 e. The molecule has 1 saturated carbocycles. The van der Waals surface area contributed by atoms with E-state index < -0.39 is 33.3 Å². The highest BCUT2D eigenvalue weighted by Gasteiger charge is 2.31. The summed E-state index contributed by atoms with van der Waals surface area (Å²) >= 11 is 0. The molecule has 0 bridgehead atoms. The van der Waals surface area contributed by atoms with Gasteiger partial charge in [0, 0.05) is 40.5 Å². The van der Waals surface area contributed by atoms with Gasteiger partial charge in [0.1, 0.15) is 16.3 Å². The summed E-state index contributed by atoms with van der Waals surface area (Å²) in [6.07, 6.45) is -1.20. The van der Waals surface area contributed by atoms with Gasteiger partial charge in [0.2, 0.25) is 0 Å². The highest BCUT2D eigenvalue weighted by atomic mass is 32.3. The molecule has 39 heavy (non-hydrogen) atoms. The van der Waals surface area contributed by atoms with Gasteiger partial charge in [0.25, 0.3) is 0 Å². The van der Waals surface area contributed by atoms with E-state index in [2.05, 4.69) is 9.97 Å². The maximum atomic E-state index is 13.8. The van der Waals surface area contributed by atoms with E-state index in [1.807, 2.05) is 10.6 Å². The Bertz CT molecular complexity index is 2040. The summed E-state index contributed by atoms with van der Waals surface area (Å²) in [5.41, 5.74) is 1.29. The van der Waals surface area contributed by atoms with Crippen LogP contribution in [0.15, 0.2) is 58.5 Å². The molecule has 198 valence electrons. The van der Waals surface area contributed by atoms with Crippen LogP contribution in [0, 0.1) is 11.3 Å². The monoisotopic (exact) mass is 556 g/mol. The molecule has 13 heteroatoms. The second-order valence-electron chi connectivity index (χ2n) is 9.27. The Morgan fingerprint density at radius 2 is 1.90 bits per heavy atom. The summed E-state index contributed by atoms with van der Waals surface area (Å²) in [5.74, 6) is -0.347. The Balaban J connectivity index is 1.70. The first-order valence-corrected chi connectivity index (χ1v) is 13.0. The zero-order valence-corrected chi connectivity index (χ0v) is 20.5. The number of nitrogens with one attached hydrogen (secondary N) is 1. The molecule has 1 aliphatic rings. The van der Waals surface area contributed by atoms with Crippen LogP contribution in [0.2, 0.25) is 0 Å². The van der Waals surface area contributed by atoms with Gasteiger partial charge >= 0.3 is 16.4 Å². The highest BCUT2D eigenvalue weighted by molar-refractivity contribution is 7.86. The summed E-state index contributed by atoms with van der Waals surface area (Å²) in [6.45, 7) is -1.68. The number of halogens is 4. The molecule has 3 aromatic heterocycles. The smallest absolute Gasteiger partial charge is 0.422 e. The molecule has 3 heterocycles. The second-order valence-corrected chi connectivity index (χ2v) is 10.6. The van der Waals surface area contributed by atoms with Crippen molar-refractivity contribution in [2.75, 3.05) is 6.61 Å².